The highest BCUT2D eigenvalue weighted by atomic mass is 35.5. The number of rotatable bonds is 4. The van der Waals surface area contributed by atoms with E-state index >= 15 is 0 Å². The molecule has 26 heavy (non-hydrogen) atoms. The molecule has 3 rings (SSSR count). The Kier molecular flexibility index (Phi) is 5.22. The van der Waals surface area contributed by atoms with Crippen molar-refractivity contribution in [3.05, 3.63) is 53.1 Å². The second kappa shape index (κ2) is 7.26. The molecule has 1 atom stereocenters. The van der Waals surface area contributed by atoms with Gasteiger partial charge in [-0.3, -0.25) is 4.79 Å². The first-order chi connectivity index (χ1) is 12.3. The fraction of sp³-hybridized carbons (Fsp3) is 0.278. The van der Waals surface area contributed by atoms with E-state index in [1.165, 1.54) is 24.0 Å². The first-order valence-electron chi connectivity index (χ1n) is 8.09. The van der Waals surface area contributed by atoms with E-state index in [0.717, 1.165) is 5.56 Å². The van der Waals surface area contributed by atoms with Crippen LogP contribution in [0.4, 0.5) is 5.69 Å². The van der Waals surface area contributed by atoms with E-state index in [2.05, 4.69) is 4.72 Å². The van der Waals surface area contributed by atoms with Crippen LogP contribution in [0, 0.1) is 0 Å². The van der Waals surface area contributed by atoms with Gasteiger partial charge >= 0.3 is 0 Å². The molecule has 1 unspecified atom stereocenters. The number of hydrogen-bond donors (Lipinski definition) is 1. The average Bonchev–Trinajstić information content (AvgIpc) is 2.60. The Balaban J connectivity index is 1.85. The van der Waals surface area contributed by atoms with Crippen molar-refractivity contribution in [2.75, 3.05) is 11.4 Å². The average molecular weight is 395 g/mol. The van der Waals surface area contributed by atoms with Gasteiger partial charge in [0.25, 0.3) is 0 Å². The summed E-state index contributed by atoms with van der Waals surface area (Å²) in [4.78, 5) is 13.5. The third-order valence-electron chi connectivity index (χ3n) is 4.06. The Morgan fingerprint density at radius 3 is 2.62 bits per heavy atom. The molecule has 1 aliphatic rings. The molecule has 0 aliphatic carbocycles. The van der Waals surface area contributed by atoms with Crippen LogP contribution in [0.1, 0.15) is 19.4 Å². The van der Waals surface area contributed by atoms with Crippen LogP contribution in [0.25, 0.3) is 0 Å². The highest BCUT2D eigenvalue weighted by Gasteiger charge is 2.27. The van der Waals surface area contributed by atoms with Crippen LogP contribution in [-0.2, 0) is 21.4 Å². The smallest absolute Gasteiger partial charge is 0.240 e. The predicted octanol–water partition coefficient (Wildman–Crippen LogP) is 2.95. The van der Waals surface area contributed by atoms with E-state index in [0.29, 0.717) is 23.0 Å². The molecule has 1 heterocycles. The minimum atomic E-state index is -3.74. The molecule has 1 aliphatic heterocycles. The van der Waals surface area contributed by atoms with Crippen molar-refractivity contribution in [1.82, 2.24) is 4.72 Å². The maximum atomic E-state index is 12.6. The molecule has 2 aromatic carbocycles. The van der Waals surface area contributed by atoms with Gasteiger partial charge < -0.3 is 9.64 Å². The summed E-state index contributed by atoms with van der Waals surface area (Å²) in [6.07, 6.45) is -0.156. The van der Waals surface area contributed by atoms with Crippen LogP contribution in [0.15, 0.2) is 47.4 Å². The van der Waals surface area contributed by atoms with Crippen molar-refractivity contribution in [3.63, 3.8) is 0 Å². The highest BCUT2D eigenvalue weighted by Crippen LogP contribution is 2.35. The number of fused-ring (bicyclic) bond motifs is 1. The third-order valence-corrected chi connectivity index (χ3v) is 5.71. The minimum Gasteiger partial charge on any atom is -0.487 e. The maximum absolute atomic E-state index is 12.6. The highest BCUT2D eigenvalue weighted by molar-refractivity contribution is 7.89. The first kappa shape index (κ1) is 18.7. The molecule has 8 heteroatoms. The normalized spacial score (nSPS) is 16.7. The van der Waals surface area contributed by atoms with Crippen molar-refractivity contribution in [2.24, 2.45) is 0 Å². The van der Waals surface area contributed by atoms with E-state index in [4.69, 9.17) is 16.3 Å². The number of nitrogens with one attached hydrogen (secondary N) is 1. The molecule has 0 saturated heterocycles. The molecule has 138 valence electrons. The summed E-state index contributed by atoms with van der Waals surface area (Å²) in [7, 11) is -3.74. The number of hydrogen-bond acceptors (Lipinski definition) is 4. The van der Waals surface area contributed by atoms with Crippen LogP contribution in [0.2, 0.25) is 5.02 Å². The Bertz CT molecular complexity index is 929. The zero-order chi connectivity index (χ0) is 18.9. The van der Waals surface area contributed by atoms with E-state index in [-0.39, 0.29) is 23.5 Å². The van der Waals surface area contributed by atoms with Gasteiger partial charge in [-0.2, -0.15) is 0 Å². The Morgan fingerprint density at radius 1 is 1.27 bits per heavy atom. The summed E-state index contributed by atoms with van der Waals surface area (Å²) < 4.78 is 33.5. The zero-order valence-corrected chi connectivity index (χ0v) is 16.0. The zero-order valence-electron chi connectivity index (χ0n) is 14.4. The lowest BCUT2D eigenvalue weighted by Crippen LogP contribution is -2.41. The van der Waals surface area contributed by atoms with Gasteiger partial charge in [0.2, 0.25) is 15.9 Å². The van der Waals surface area contributed by atoms with Crippen molar-refractivity contribution >= 4 is 33.2 Å². The predicted molar refractivity (Wildman–Crippen MR) is 100 cm³/mol. The maximum Gasteiger partial charge on any atom is 0.240 e. The summed E-state index contributed by atoms with van der Waals surface area (Å²) >= 11 is 5.83. The van der Waals surface area contributed by atoms with Gasteiger partial charge in [-0.05, 0) is 42.8 Å². The van der Waals surface area contributed by atoms with Crippen LogP contribution >= 0.6 is 11.6 Å². The molecular weight excluding hydrogens is 376 g/mol. The standard InChI is InChI=1S/C18H19ClN2O4S/c1-12-11-21(13(2)22)17-9-16(7-8-18(17)25-12)26(23,24)20-10-14-3-5-15(19)6-4-14/h3-9,12,20H,10-11H2,1-2H3. The van der Waals surface area contributed by atoms with Gasteiger partial charge in [0, 0.05) is 18.5 Å². The van der Waals surface area contributed by atoms with Gasteiger partial charge in [0.1, 0.15) is 11.9 Å². The van der Waals surface area contributed by atoms with Crippen molar-refractivity contribution in [3.8, 4) is 5.75 Å². The molecule has 6 nitrogen and oxygen atoms in total. The molecule has 0 spiro atoms. The summed E-state index contributed by atoms with van der Waals surface area (Å²) in [6.45, 7) is 3.82. The number of nitrogens with zero attached hydrogens (tertiary/aromatic N) is 1. The lowest BCUT2D eigenvalue weighted by Gasteiger charge is -2.33. The SMILES string of the molecule is CC(=O)N1CC(C)Oc2ccc(S(=O)(=O)NCc3ccc(Cl)cc3)cc21. The topological polar surface area (TPSA) is 75.7 Å². The molecule has 0 fully saturated rings. The van der Waals surface area contributed by atoms with Gasteiger partial charge in [-0.15, -0.1) is 0 Å². The number of amides is 1. The number of carbonyl (C=O) groups excluding carboxylic acids is 1. The minimum absolute atomic E-state index is 0.0783. The molecule has 1 amide bonds. The quantitative estimate of drug-likeness (QED) is 0.865. The van der Waals surface area contributed by atoms with Crippen molar-refractivity contribution in [2.45, 2.75) is 31.4 Å². The fourth-order valence-corrected chi connectivity index (χ4v) is 3.91. The largest absolute Gasteiger partial charge is 0.487 e. The number of sulfonamides is 1. The summed E-state index contributed by atoms with van der Waals surface area (Å²) in [5.74, 6) is 0.334. The Morgan fingerprint density at radius 2 is 1.96 bits per heavy atom. The fourth-order valence-electron chi connectivity index (χ4n) is 2.75. The number of carbonyl (C=O) groups is 1. The Hall–Kier alpha value is -2.09. The van der Waals surface area contributed by atoms with E-state index in [1.54, 1.807) is 30.3 Å². The van der Waals surface area contributed by atoms with Crippen molar-refractivity contribution in [1.29, 1.82) is 0 Å². The van der Waals surface area contributed by atoms with E-state index in [9.17, 15) is 13.2 Å². The number of ether oxygens (including phenoxy) is 1. The number of anilines is 1. The number of halogens is 1. The van der Waals surface area contributed by atoms with Gasteiger partial charge in [0.05, 0.1) is 17.1 Å². The molecule has 0 bridgehead atoms. The van der Waals surface area contributed by atoms with Gasteiger partial charge in [0.15, 0.2) is 0 Å². The van der Waals surface area contributed by atoms with Crippen molar-refractivity contribution < 1.29 is 17.9 Å². The third kappa shape index (κ3) is 4.00. The van der Waals surface area contributed by atoms with Crippen LogP contribution in [-0.4, -0.2) is 27.0 Å². The summed E-state index contributed by atoms with van der Waals surface area (Å²) in [6, 6.07) is 11.4. The second-order valence-corrected chi connectivity index (χ2v) is 8.34. The summed E-state index contributed by atoms with van der Waals surface area (Å²) in [5.41, 5.74) is 1.25. The van der Waals surface area contributed by atoms with Crippen LogP contribution in [0.5, 0.6) is 5.75 Å². The van der Waals surface area contributed by atoms with E-state index < -0.39 is 10.0 Å². The molecular formula is C18H19ClN2O4S. The van der Waals surface area contributed by atoms with Gasteiger partial charge in [-0.25, -0.2) is 13.1 Å². The monoisotopic (exact) mass is 394 g/mol. The first-order valence-corrected chi connectivity index (χ1v) is 9.95. The molecule has 0 radical (unpaired) electrons. The number of benzene rings is 2. The molecule has 0 aromatic heterocycles. The summed E-state index contributed by atoms with van der Waals surface area (Å²) in [5, 5.41) is 0.588. The lowest BCUT2D eigenvalue weighted by molar-refractivity contribution is -0.117. The van der Waals surface area contributed by atoms with E-state index in [1.807, 2.05) is 6.92 Å². The van der Waals surface area contributed by atoms with Crippen LogP contribution in [0.3, 0.4) is 0 Å². The van der Waals surface area contributed by atoms with Crippen LogP contribution < -0.4 is 14.4 Å². The van der Waals surface area contributed by atoms with Gasteiger partial charge in [-0.1, -0.05) is 23.7 Å². The Labute approximate surface area is 157 Å². The molecule has 0 saturated carbocycles. The lowest BCUT2D eigenvalue weighted by atomic mass is 10.2. The molecule has 2 aromatic rings. The molecule has 1 N–H and O–H groups in total. The second-order valence-electron chi connectivity index (χ2n) is 6.14.